The number of unbranched alkanes of at least 4 members (excludes halogenated alkanes) is 1. The number of ether oxygens (including phenoxy) is 1. The minimum atomic E-state index is 0.710. The number of hydrogen-bond acceptors (Lipinski definition) is 4. The molecule has 0 spiro atoms. The highest BCUT2D eigenvalue weighted by Gasteiger charge is 2.06. The molecule has 4 nitrogen and oxygen atoms in total. The Morgan fingerprint density at radius 2 is 2.05 bits per heavy atom. The molecular formula is C15H20N2O2. The van der Waals surface area contributed by atoms with Gasteiger partial charge in [-0.3, -0.25) is 0 Å². The van der Waals surface area contributed by atoms with Gasteiger partial charge in [0, 0.05) is 18.2 Å². The van der Waals surface area contributed by atoms with Gasteiger partial charge in [-0.15, -0.1) is 0 Å². The molecule has 0 atom stereocenters. The standard InChI is InChI=1S/C15H20N2O2/c1-3-4-9-18-14-7-5-12(6-8-14)15-10-13(11-16-2)17-19-15/h5-8,10,16H,3-4,9,11H2,1-2H3. The summed E-state index contributed by atoms with van der Waals surface area (Å²) in [5.41, 5.74) is 1.92. The van der Waals surface area contributed by atoms with Gasteiger partial charge in [-0.2, -0.15) is 0 Å². The smallest absolute Gasteiger partial charge is 0.167 e. The van der Waals surface area contributed by atoms with Gasteiger partial charge in [0.1, 0.15) is 5.75 Å². The Hall–Kier alpha value is -1.81. The van der Waals surface area contributed by atoms with Crippen LogP contribution in [-0.2, 0) is 6.54 Å². The predicted molar refractivity (Wildman–Crippen MR) is 75.1 cm³/mol. The van der Waals surface area contributed by atoms with Crippen molar-refractivity contribution < 1.29 is 9.26 Å². The van der Waals surface area contributed by atoms with Gasteiger partial charge in [-0.25, -0.2) is 0 Å². The predicted octanol–water partition coefficient (Wildman–Crippen LogP) is 3.24. The normalized spacial score (nSPS) is 10.6. The largest absolute Gasteiger partial charge is 0.494 e. The number of benzene rings is 1. The van der Waals surface area contributed by atoms with Gasteiger partial charge >= 0.3 is 0 Å². The molecule has 0 bridgehead atoms. The van der Waals surface area contributed by atoms with E-state index < -0.39 is 0 Å². The number of hydrogen-bond donors (Lipinski definition) is 1. The Bertz CT molecular complexity index is 491. The quantitative estimate of drug-likeness (QED) is 0.776. The van der Waals surface area contributed by atoms with Gasteiger partial charge < -0.3 is 14.6 Å². The van der Waals surface area contributed by atoms with Crippen LogP contribution in [0.1, 0.15) is 25.5 Å². The molecule has 0 radical (unpaired) electrons. The van der Waals surface area contributed by atoms with E-state index in [1.807, 2.05) is 37.4 Å². The highest BCUT2D eigenvalue weighted by molar-refractivity contribution is 5.58. The van der Waals surface area contributed by atoms with Crippen molar-refractivity contribution in [2.24, 2.45) is 0 Å². The number of rotatable bonds is 7. The van der Waals surface area contributed by atoms with Crippen molar-refractivity contribution in [2.75, 3.05) is 13.7 Å². The molecule has 102 valence electrons. The molecule has 2 aromatic rings. The Morgan fingerprint density at radius 3 is 2.74 bits per heavy atom. The molecule has 0 saturated carbocycles. The van der Waals surface area contributed by atoms with E-state index in [9.17, 15) is 0 Å². The summed E-state index contributed by atoms with van der Waals surface area (Å²) in [4.78, 5) is 0. The summed E-state index contributed by atoms with van der Waals surface area (Å²) in [6.45, 7) is 3.63. The van der Waals surface area contributed by atoms with Crippen molar-refractivity contribution in [1.82, 2.24) is 10.5 Å². The fraction of sp³-hybridized carbons (Fsp3) is 0.400. The lowest BCUT2D eigenvalue weighted by Crippen LogP contribution is -2.04. The average molecular weight is 260 g/mol. The van der Waals surface area contributed by atoms with Crippen LogP contribution < -0.4 is 10.1 Å². The molecule has 1 aromatic heterocycles. The first kappa shape index (κ1) is 13.6. The lowest BCUT2D eigenvalue weighted by Gasteiger charge is -2.05. The minimum absolute atomic E-state index is 0.710. The van der Waals surface area contributed by atoms with Gasteiger partial charge in [-0.05, 0) is 37.7 Å². The first-order valence-corrected chi connectivity index (χ1v) is 6.67. The number of aromatic nitrogens is 1. The van der Waals surface area contributed by atoms with E-state index in [1.165, 1.54) is 0 Å². The average Bonchev–Trinajstić information content (AvgIpc) is 2.89. The van der Waals surface area contributed by atoms with Gasteiger partial charge in [0.25, 0.3) is 0 Å². The van der Waals surface area contributed by atoms with Crippen molar-refractivity contribution >= 4 is 0 Å². The Balaban J connectivity index is 2.00. The summed E-state index contributed by atoms with van der Waals surface area (Å²) in [5, 5.41) is 7.04. The zero-order chi connectivity index (χ0) is 13.5. The van der Waals surface area contributed by atoms with Crippen LogP contribution in [0.2, 0.25) is 0 Å². The molecule has 0 aliphatic carbocycles. The van der Waals surface area contributed by atoms with Crippen molar-refractivity contribution in [2.45, 2.75) is 26.3 Å². The second kappa shape index (κ2) is 6.95. The van der Waals surface area contributed by atoms with Crippen LogP contribution in [-0.4, -0.2) is 18.8 Å². The molecule has 0 aliphatic heterocycles. The summed E-state index contributed by atoms with van der Waals surface area (Å²) in [6, 6.07) is 9.86. The number of nitrogens with zero attached hydrogens (tertiary/aromatic N) is 1. The molecule has 0 fully saturated rings. The lowest BCUT2D eigenvalue weighted by atomic mass is 10.1. The van der Waals surface area contributed by atoms with E-state index in [1.54, 1.807) is 0 Å². The summed E-state index contributed by atoms with van der Waals surface area (Å²) in [7, 11) is 1.89. The van der Waals surface area contributed by atoms with E-state index in [0.717, 1.165) is 42.2 Å². The maximum Gasteiger partial charge on any atom is 0.167 e. The molecule has 0 aliphatic rings. The van der Waals surface area contributed by atoms with Crippen LogP contribution in [0.3, 0.4) is 0 Å². The third-order valence-electron chi connectivity index (χ3n) is 2.82. The van der Waals surface area contributed by atoms with Crippen LogP contribution in [0.4, 0.5) is 0 Å². The maximum absolute atomic E-state index is 5.62. The molecule has 0 saturated heterocycles. The van der Waals surface area contributed by atoms with E-state index >= 15 is 0 Å². The second-order valence-corrected chi connectivity index (χ2v) is 4.44. The molecule has 0 unspecified atom stereocenters. The Labute approximate surface area is 113 Å². The SMILES string of the molecule is CCCCOc1ccc(-c2cc(CNC)no2)cc1. The summed E-state index contributed by atoms with van der Waals surface area (Å²) < 4.78 is 10.9. The van der Waals surface area contributed by atoms with E-state index in [2.05, 4.69) is 17.4 Å². The van der Waals surface area contributed by atoms with Crippen molar-refractivity contribution in [3.8, 4) is 17.1 Å². The second-order valence-electron chi connectivity index (χ2n) is 4.44. The fourth-order valence-electron chi connectivity index (χ4n) is 1.76. The molecule has 4 heteroatoms. The summed E-state index contributed by atoms with van der Waals surface area (Å²) >= 11 is 0. The first-order valence-electron chi connectivity index (χ1n) is 6.67. The summed E-state index contributed by atoms with van der Waals surface area (Å²) in [6.07, 6.45) is 2.22. The first-order chi connectivity index (χ1) is 9.33. The minimum Gasteiger partial charge on any atom is -0.494 e. The lowest BCUT2D eigenvalue weighted by molar-refractivity contribution is 0.309. The van der Waals surface area contributed by atoms with Crippen LogP contribution in [0.15, 0.2) is 34.9 Å². The molecule has 2 rings (SSSR count). The van der Waals surface area contributed by atoms with Crippen LogP contribution in [0.25, 0.3) is 11.3 Å². The van der Waals surface area contributed by atoms with Crippen LogP contribution in [0.5, 0.6) is 5.75 Å². The fourth-order valence-corrected chi connectivity index (χ4v) is 1.76. The molecule has 1 heterocycles. The summed E-state index contributed by atoms with van der Waals surface area (Å²) in [5.74, 6) is 1.68. The maximum atomic E-state index is 5.62. The van der Waals surface area contributed by atoms with Gasteiger partial charge in [-0.1, -0.05) is 18.5 Å². The topological polar surface area (TPSA) is 47.3 Å². The van der Waals surface area contributed by atoms with E-state index in [-0.39, 0.29) is 0 Å². The zero-order valence-corrected chi connectivity index (χ0v) is 11.5. The Morgan fingerprint density at radius 1 is 1.26 bits per heavy atom. The highest BCUT2D eigenvalue weighted by atomic mass is 16.5. The van der Waals surface area contributed by atoms with Crippen LogP contribution in [0, 0.1) is 0 Å². The van der Waals surface area contributed by atoms with Crippen molar-refractivity contribution in [3.63, 3.8) is 0 Å². The van der Waals surface area contributed by atoms with Gasteiger partial charge in [0.05, 0.1) is 12.3 Å². The van der Waals surface area contributed by atoms with E-state index in [4.69, 9.17) is 9.26 Å². The molecule has 0 amide bonds. The molecular weight excluding hydrogens is 240 g/mol. The third kappa shape index (κ3) is 3.83. The van der Waals surface area contributed by atoms with E-state index in [0.29, 0.717) is 6.54 Å². The number of nitrogens with one attached hydrogen (secondary N) is 1. The Kier molecular flexibility index (Phi) is 4.98. The van der Waals surface area contributed by atoms with Crippen LogP contribution >= 0.6 is 0 Å². The molecule has 1 aromatic carbocycles. The monoisotopic (exact) mass is 260 g/mol. The third-order valence-corrected chi connectivity index (χ3v) is 2.82. The van der Waals surface area contributed by atoms with Crippen molar-refractivity contribution in [1.29, 1.82) is 0 Å². The van der Waals surface area contributed by atoms with Gasteiger partial charge in [0.15, 0.2) is 5.76 Å². The molecule has 1 N–H and O–H groups in total. The molecule has 19 heavy (non-hydrogen) atoms. The zero-order valence-electron chi connectivity index (χ0n) is 11.5. The van der Waals surface area contributed by atoms with Gasteiger partial charge in [0.2, 0.25) is 0 Å². The van der Waals surface area contributed by atoms with Crippen molar-refractivity contribution in [3.05, 3.63) is 36.0 Å². The highest BCUT2D eigenvalue weighted by Crippen LogP contribution is 2.23.